The third-order valence-corrected chi connectivity index (χ3v) is 4.38. The highest BCUT2D eigenvalue weighted by Crippen LogP contribution is 2.29. The first kappa shape index (κ1) is 15.1. The lowest BCUT2D eigenvalue weighted by atomic mass is 9.94. The summed E-state index contributed by atoms with van der Waals surface area (Å²) < 4.78 is 0. The average Bonchev–Trinajstić information content (AvgIpc) is 2.47. The van der Waals surface area contributed by atoms with Crippen LogP contribution in [0.2, 0.25) is 0 Å². The molecular formula is C16H28N4. The van der Waals surface area contributed by atoms with Crippen molar-refractivity contribution >= 4 is 11.6 Å². The Bertz CT molecular complexity index is 448. The van der Waals surface area contributed by atoms with Gasteiger partial charge in [-0.3, -0.25) is 0 Å². The Labute approximate surface area is 123 Å². The largest absolute Gasteiger partial charge is 0.373 e. The molecule has 0 aromatic carbocycles. The second kappa shape index (κ2) is 6.42. The fourth-order valence-electron chi connectivity index (χ4n) is 2.88. The zero-order valence-electron chi connectivity index (χ0n) is 13.5. The van der Waals surface area contributed by atoms with Crippen LogP contribution in [-0.2, 0) is 0 Å². The summed E-state index contributed by atoms with van der Waals surface area (Å²) in [7, 11) is 1.94. The van der Waals surface area contributed by atoms with Gasteiger partial charge in [0.25, 0.3) is 0 Å². The first-order chi connectivity index (χ1) is 9.56. The van der Waals surface area contributed by atoms with E-state index >= 15 is 0 Å². The molecule has 0 amide bonds. The van der Waals surface area contributed by atoms with Crippen LogP contribution in [0, 0.1) is 12.8 Å². The second-order valence-corrected chi connectivity index (χ2v) is 6.12. The van der Waals surface area contributed by atoms with Crippen LogP contribution in [0.3, 0.4) is 0 Å². The number of piperidine rings is 1. The van der Waals surface area contributed by atoms with Crippen LogP contribution in [0.4, 0.5) is 11.6 Å². The summed E-state index contributed by atoms with van der Waals surface area (Å²) in [5.74, 6) is 4.28. The van der Waals surface area contributed by atoms with E-state index in [1.54, 1.807) is 0 Å². The van der Waals surface area contributed by atoms with Crippen LogP contribution in [0.15, 0.2) is 0 Å². The Balaban J connectivity index is 2.28. The highest BCUT2D eigenvalue weighted by molar-refractivity contribution is 5.58. The summed E-state index contributed by atoms with van der Waals surface area (Å²) >= 11 is 0. The van der Waals surface area contributed by atoms with Gasteiger partial charge in [0.1, 0.15) is 17.5 Å². The normalized spacial score (nSPS) is 16.8. The van der Waals surface area contributed by atoms with Crippen LogP contribution in [0.25, 0.3) is 0 Å². The lowest BCUT2D eigenvalue weighted by Crippen LogP contribution is -2.35. The molecule has 1 aromatic rings. The Morgan fingerprint density at radius 3 is 2.40 bits per heavy atom. The van der Waals surface area contributed by atoms with E-state index in [1.165, 1.54) is 24.8 Å². The van der Waals surface area contributed by atoms with E-state index in [9.17, 15) is 0 Å². The van der Waals surface area contributed by atoms with E-state index in [0.29, 0.717) is 5.92 Å². The summed E-state index contributed by atoms with van der Waals surface area (Å²) in [5, 5.41) is 3.21. The molecule has 1 saturated heterocycles. The van der Waals surface area contributed by atoms with E-state index in [2.05, 4.69) is 42.9 Å². The first-order valence-corrected chi connectivity index (χ1v) is 7.88. The molecule has 1 fully saturated rings. The Morgan fingerprint density at radius 1 is 1.25 bits per heavy atom. The van der Waals surface area contributed by atoms with Crippen molar-refractivity contribution in [1.82, 2.24) is 9.97 Å². The summed E-state index contributed by atoms with van der Waals surface area (Å²) in [6.45, 7) is 11.0. The van der Waals surface area contributed by atoms with E-state index in [4.69, 9.17) is 4.98 Å². The smallest absolute Gasteiger partial charge is 0.137 e. The Kier molecular flexibility index (Phi) is 4.84. The fraction of sp³-hybridized carbons (Fsp3) is 0.750. The average molecular weight is 276 g/mol. The third-order valence-electron chi connectivity index (χ3n) is 4.38. The van der Waals surface area contributed by atoms with Crippen LogP contribution >= 0.6 is 0 Å². The van der Waals surface area contributed by atoms with Crippen molar-refractivity contribution in [3.63, 3.8) is 0 Å². The number of rotatable bonds is 4. The quantitative estimate of drug-likeness (QED) is 0.912. The molecule has 0 unspecified atom stereocenters. The zero-order valence-corrected chi connectivity index (χ0v) is 13.5. The molecule has 0 atom stereocenters. The molecule has 2 heterocycles. The topological polar surface area (TPSA) is 41.1 Å². The van der Waals surface area contributed by atoms with Gasteiger partial charge in [-0.2, -0.15) is 0 Å². The van der Waals surface area contributed by atoms with E-state index in [0.717, 1.165) is 36.5 Å². The van der Waals surface area contributed by atoms with Gasteiger partial charge in [0.2, 0.25) is 0 Å². The summed E-state index contributed by atoms with van der Waals surface area (Å²) in [6.07, 6.45) is 3.87. The minimum absolute atomic E-state index is 0.356. The number of hydrogen-bond acceptors (Lipinski definition) is 4. The van der Waals surface area contributed by atoms with Gasteiger partial charge >= 0.3 is 0 Å². The molecule has 0 aliphatic carbocycles. The summed E-state index contributed by atoms with van der Waals surface area (Å²) in [5.41, 5.74) is 1.17. The molecule has 2 rings (SSSR count). The lowest BCUT2D eigenvalue weighted by molar-refractivity contribution is 0.393. The van der Waals surface area contributed by atoms with Gasteiger partial charge in [-0.1, -0.05) is 27.2 Å². The van der Waals surface area contributed by atoms with Crippen molar-refractivity contribution in [1.29, 1.82) is 0 Å². The Hall–Kier alpha value is -1.32. The molecule has 1 aromatic heterocycles. The van der Waals surface area contributed by atoms with Crippen LogP contribution < -0.4 is 10.2 Å². The molecule has 0 saturated carbocycles. The zero-order chi connectivity index (χ0) is 14.7. The van der Waals surface area contributed by atoms with E-state index in [-0.39, 0.29) is 0 Å². The fourth-order valence-corrected chi connectivity index (χ4v) is 2.88. The molecule has 1 N–H and O–H groups in total. The van der Waals surface area contributed by atoms with Gasteiger partial charge in [-0.25, -0.2) is 9.97 Å². The molecule has 1 aliphatic rings. The monoisotopic (exact) mass is 276 g/mol. The van der Waals surface area contributed by atoms with Crippen LogP contribution in [0.5, 0.6) is 0 Å². The first-order valence-electron chi connectivity index (χ1n) is 7.88. The van der Waals surface area contributed by atoms with E-state index < -0.39 is 0 Å². The van der Waals surface area contributed by atoms with Crippen molar-refractivity contribution in [2.45, 2.75) is 52.9 Å². The number of aromatic nitrogens is 2. The van der Waals surface area contributed by atoms with Crippen molar-refractivity contribution < 1.29 is 0 Å². The van der Waals surface area contributed by atoms with Gasteiger partial charge in [-0.15, -0.1) is 0 Å². The van der Waals surface area contributed by atoms with Crippen molar-refractivity contribution in [3.05, 3.63) is 11.4 Å². The highest BCUT2D eigenvalue weighted by Gasteiger charge is 2.22. The Morgan fingerprint density at radius 2 is 1.90 bits per heavy atom. The molecule has 4 heteroatoms. The molecule has 0 radical (unpaired) electrons. The summed E-state index contributed by atoms with van der Waals surface area (Å²) in [4.78, 5) is 11.9. The van der Waals surface area contributed by atoms with E-state index in [1.807, 2.05) is 7.05 Å². The van der Waals surface area contributed by atoms with Gasteiger partial charge in [-0.05, 0) is 25.7 Å². The second-order valence-electron chi connectivity index (χ2n) is 6.12. The van der Waals surface area contributed by atoms with Gasteiger partial charge < -0.3 is 10.2 Å². The minimum atomic E-state index is 0.356. The molecule has 1 aliphatic heterocycles. The lowest BCUT2D eigenvalue weighted by Gasteiger charge is -2.33. The maximum atomic E-state index is 4.83. The number of nitrogens with one attached hydrogen (secondary N) is 1. The summed E-state index contributed by atoms with van der Waals surface area (Å²) in [6, 6.07) is 0. The van der Waals surface area contributed by atoms with Crippen molar-refractivity contribution in [2.75, 3.05) is 30.4 Å². The van der Waals surface area contributed by atoms with Crippen LogP contribution in [-0.4, -0.2) is 30.1 Å². The molecule has 112 valence electrons. The number of nitrogens with zero attached hydrogens (tertiary/aromatic N) is 3. The molecule has 0 spiro atoms. The number of anilines is 2. The molecular weight excluding hydrogens is 248 g/mol. The highest BCUT2D eigenvalue weighted by atomic mass is 15.2. The van der Waals surface area contributed by atoms with Gasteiger partial charge in [0.05, 0.1) is 0 Å². The maximum absolute atomic E-state index is 4.83. The maximum Gasteiger partial charge on any atom is 0.137 e. The molecule has 20 heavy (non-hydrogen) atoms. The van der Waals surface area contributed by atoms with Gasteiger partial charge in [0, 0.05) is 31.6 Å². The van der Waals surface area contributed by atoms with Gasteiger partial charge in [0.15, 0.2) is 0 Å². The van der Waals surface area contributed by atoms with Crippen LogP contribution in [0.1, 0.15) is 57.3 Å². The SMILES string of the molecule is CCC1CCN(c2nc(C(C)C)nc(NC)c2C)CC1. The predicted molar refractivity (Wildman–Crippen MR) is 85.6 cm³/mol. The third kappa shape index (κ3) is 3.05. The standard InChI is InChI=1S/C16H28N4/c1-6-13-7-9-20(10-8-13)16-12(4)15(17-5)18-14(19-16)11(2)3/h11,13H,6-10H2,1-5H3,(H,17,18,19). The molecule has 4 nitrogen and oxygen atoms in total. The minimum Gasteiger partial charge on any atom is -0.373 e. The van der Waals surface area contributed by atoms with Crippen molar-refractivity contribution in [2.24, 2.45) is 5.92 Å². The number of hydrogen-bond donors (Lipinski definition) is 1. The molecule has 0 bridgehead atoms. The van der Waals surface area contributed by atoms with Crippen molar-refractivity contribution in [3.8, 4) is 0 Å². The predicted octanol–water partition coefficient (Wildman–Crippen LogP) is 3.58.